The van der Waals surface area contributed by atoms with Gasteiger partial charge in [0.25, 0.3) is 5.91 Å². The third kappa shape index (κ3) is 5.67. The molecule has 2 heterocycles. The molecule has 1 aliphatic heterocycles. The first kappa shape index (κ1) is 23.6. The Labute approximate surface area is 198 Å². The van der Waals surface area contributed by atoms with E-state index in [9.17, 15) is 18.0 Å². The van der Waals surface area contributed by atoms with E-state index in [1.807, 2.05) is 42.5 Å². The third-order valence-electron chi connectivity index (χ3n) is 5.68. The first-order valence-electron chi connectivity index (χ1n) is 11.0. The van der Waals surface area contributed by atoms with E-state index in [0.717, 1.165) is 11.1 Å². The Bertz CT molecular complexity index is 1220. The maximum atomic E-state index is 12.7. The molecule has 1 aromatic heterocycles. The lowest BCUT2D eigenvalue weighted by molar-refractivity contribution is -0.152. The molecule has 4 rings (SSSR count). The summed E-state index contributed by atoms with van der Waals surface area (Å²) in [5, 5.41) is 2.71. The molecule has 2 aromatic carbocycles. The summed E-state index contributed by atoms with van der Waals surface area (Å²) in [5.41, 5.74) is 2.71. The zero-order chi connectivity index (χ0) is 24.0. The second-order valence-electron chi connectivity index (χ2n) is 7.97. The van der Waals surface area contributed by atoms with E-state index in [0.29, 0.717) is 18.5 Å². The van der Waals surface area contributed by atoms with Crippen molar-refractivity contribution in [1.82, 2.24) is 9.29 Å². The lowest BCUT2D eigenvalue weighted by atomic mass is 9.98. The summed E-state index contributed by atoms with van der Waals surface area (Å²) in [6.45, 7) is 0.0153. The van der Waals surface area contributed by atoms with Gasteiger partial charge in [-0.15, -0.1) is 0 Å². The largest absolute Gasteiger partial charge is 0.455 e. The average molecular weight is 480 g/mol. The van der Waals surface area contributed by atoms with E-state index in [1.165, 1.54) is 22.8 Å². The molecule has 0 atom stereocenters. The first-order chi connectivity index (χ1) is 16.4. The van der Waals surface area contributed by atoms with Gasteiger partial charge in [0.1, 0.15) is 4.90 Å². The van der Waals surface area contributed by atoms with Gasteiger partial charge in [0.2, 0.25) is 10.0 Å². The molecule has 8 nitrogen and oxygen atoms in total. The average Bonchev–Trinajstić information content (AvgIpc) is 2.89. The van der Waals surface area contributed by atoms with Gasteiger partial charge in [-0.25, -0.2) is 8.42 Å². The number of pyridine rings is 1. The topological polar surface area (TPSA) is 106 Å². The summed E-state index contributed by atoms with van der Waals surface area (Å²) >= 11 is 0. The Morgan fingerprint density at radius 2 is 1.62 bits per heavy atom. The maximum absolute atomic E-state index is 12.7. The molecule has 0 radical (unpaired) electrons. The van der Waals surface area contributed by atoms with E-state index >= 15 is 0 Å². The van der Waals surface area contributed by atoms with Gasteiger partial charge in [-0.3, -0.25) is 14.6 Å². The van der Waals surface area contributed by atoms with Gasteiger partial charge in [0.05, 0.1) is 5.92 Å². The van der Waals surface area contributed by atoms with Crippen LogP contribution in [0.1, 0.15) is 12.8 Å². The molecule has 0 aliphatic carbocycles. The summed E-state index contributed by atoms with van der Waals surface area (Å²) in [4.78, 5) is 28.6. The number of hydrogen-bond acceptors (Lipinski definition) is 6. The van der Waals surface area contributed by atoms with E-state index in [1.54, 1.807) is 18.2 Å². The molecule has 1 amide bonds. The van der Waals surface area contributed by atoms with E-state index in [4.69, 9.17) is 4.74 Å². The SMILES string of the molecule is O=C(COC(=O)C1CCN(S(=O)(=O)c2cccnc2)CC1)Nc1ccc(-c2ccccc2)cc1. The lowest BCUT2D eigenvalue weighted by Crippen LogP contribution is -2.40. The monoisotopic (exact) mass is 479 g/mol. The Morgan fingerprint density at radius 3 is 2.26 bits per heavy atom. The highest BCUT2D eigenvalue weighted by Gasteiger charge is 2.33. The predicted octanol–water partition coefficient (Wildman–Crippen LogP) is 3.33. The van der Waals surface area contributed by atoms with Gasteiger partial charge in [0.15, 0.2) is 6.61 Å². The second kappa shape index (κ2) is 10.6. The van der Waals surface area contributed by atoms with Gasteiger partial charge in [-0.05, 0) is 48.2 Å². The Balaban J connectivity index is 1.23. The van der Waals surface area contributed by atoms with Gasteiger partial charge in [-0.1, -0.05) is 42.5 Å². The smallest absolute Gasteiger partial charge is 0.309 e. The first-order valence-corrected chi connectivity index (χ1v) is 12.4. The van der Waals surface area contributed by atoms with Gasteiger partial charge in [-0.2, -0.15) is 4.31 Å². The fourth-order valence-corrected chi connectivity index (χ4v) is 5.24. The quantitative estimate of drug-likeness (QED) is 0.521. The number of piperidine rings is 1. The van der Waals surface area contributed by atoms with Crippen molar-refractivity contribution >= 4 is 27.6 Å². The van der Waals surface area contributed by atoms with Crippen molar-refractivity contribution < 1.29 is 22.7 Å². The minimum Gasteiger partial charge on any atom is -0.455 e. The van der Waals surface area contributed by atoms with Gasteiger partial charge < -0.3 is 10.1 Å². The highest BCUT2D eigenvalue weighted by atomic mass is 32.2. The molecule has 0 spiro atoms. The summed E-state index contributed by atoms with van der Waals surface area (Å²) in [7, 11) is -3.64. The van der Waals surface area contributed by atoms with Crippen LogP contribution in [-0.4, -0.2) is 49.3 Å². The van der Waals surface area contributed by atoms with Crippen LogP contribution in [-0.2, 0) is 24.3 Å². The minimum atomic E-state index is -3.64. The zero-order valence-electron chi connectivity index (χ0n) is 18.5. The lowest BCUT2D eigenvalue weighted by Gasteiger charge is -2.29. The molecular weight excluding hydrogens is 454 g/mol. The number of sulfonamides is 1. The number of ether oxygens (including phenoxy) is 1. The number of nitrogens with zero attached hydrogens (tertiary/aromatic N) is 2. The number of rotatable bonds is 7. The molecule has 0 saturated carbocycles. The maximum Gasteiger partial charge on any atom is 0.309 e. The van der Waals surface area contributed by atoms with Crippen LogP contribution in [0.4, 0.5) is 5.69 Å². The Kier molecular flexibility index (Phi) is 7.34. The van der Waals surface area contributed by atoms with Crippen LogP contribution in [0, 0.1) is 5.92 Å². The van der Waals surface area contributed by atoms with Crippen LogP contribution in [0.5, 0.6) is 0 Å². The number of benzene rings is 2. The van der Waals surface area contributed by atoms with Crippen molar-refractivity contribution in [2.75, 3.05) is 25.0 Å². The van der Waals surface area contributed by atoms with Crippen molar-refractivity contribution in [2.45, 2.75) is 17.7 Å². The number of aromatic nitrogens is 1. The molecule has 34 heavy (non-hydrogen) atoms. The molecule has 1 N–H and O–H groups in total. The Hall–Kier alpha value is -3.56. The van der Waals surface area contributed by atoms with Crippen LogP contribution in [0.15, 0.2) is 84.0 Å². The summed E-state index contributed by atoms with van der Waals surface area (Å²) in [6, 6.07) is 20.3. The number of carbonyl (C=O) groups excluding carboxylic acids is 2. The van der Waals surface area contributed by atoms with Crippen molar-refractivity contribution in [2.24, 2.45) is 5.92 Å². The highest BCUT2D eigenvalue weighted by Crippen LogP contribution is 2.24. The normalized spacial score (nSPS) is 14.9. The number of nitrogens with one attached hydrogen (secondary N) is 1. The van der Waals surface area contributed by atoms with E-state index in [2.05, 4.69) is 10.3 Å². The molecule has 0 bridgehead atoms. The van der Waals surface area contributed by atoms with Crippen LogP contribution < -0.4 is 5.32 Å². The molecule has 1 saturated heterocycles. The fraction of sp³-hybridized carbons (Fsp3) is 0.240. The van der Waals surface area contributed by atoms with Gasteiger partial charge in [0, 0.05) is 31.2 Å². The van der Waals surface area contributed by atoms with Crippen molar-refractivity contribution in [3.63, 3.8) is 0 Å². The number of hydrogen-bond donors (Lipinski definition) is 1. The number of anilines is 1. The number of amides is 1. The predicted molar refractivity (Wildman–Crippen MR) is 127 cm³/mol. The fourth-order valence-electron chi connectivity index (χ4n) is 3.81. The van der Waals surface area contributed by atoms with Crippen LogP contribution >= 0.6 is 0 Å². The standard InChI is InChI=1S/C25H25N3O5S/c29-24(27-22-10-8-20(9-11-22)19-5-2-1-3-6-19)18-33-25(30)21-12-15-28(16-13-21)34(31,32)23-7-4-14-26-17-23/h1-11,14,17,21H,12-13,15-16,18H2,(H,27,29). The Morgan fingerprint density at radius 1 is 0.941 bits per heavy atom. The molecule has 3 aromatic rings. The van der Waals surface area contributed by atoms with Gasteiger partial charge >= 0.3 is 5.97 Å². The minimum absolute atomic E-state index is 0.129. The van der Waals surface area contributed by atoms with Crippen LogP contribution in [0.3, 0.4) is 0 Å². The van der Waals surface area contributed by atoms with Crippen molar-refractivity contribution in [1.29, 1.82) is 0 Å². The summed E-state index contributed by atoms with van der Waals surface area (Å²) in [6.07, 6.45) is 3.49. The second-order valence-corrected chi connectivity index (χ2v) is 9.90. The molecule has 1 aliphatic rings. The van der Waals surface area contributed by atoms with Crippen LogP contribution in [0.25, 0.3) is 11.1 Å². The van der Waals surface area contributed by atoms with E-state index in [-0.39, 0.29) is 18.0 Å². The van der Waals surface area contributed by atoms with Crippen LogP contribution in [0.2, 0.25) is 0 Å². The summed E-state index contributed by atoms with van der Waals surface area (Å²) in [5.74, 6) is -1.37. The zero-order valence-corrected chi connectivity index (χ0v) is 19.3. The van der Waals surface area contributed by atoms with Crippen molar-refractivity contribution in [3.8, 4) is 11.1 Å². The number of esters is 1. The van der Waals surface area contributed by atoms with Crippen molar-refractivity contribution in [3.05, 3.63) is 79.1 Å². The molecular formula is C25H25N3O5S. The molecule has 9 heteroatoms. The molecule has 1 fully saturated rings. The molecule has 0 unspecified atom stereocenters. The molecule has 176 valence electrons. The van der Waals surface area contributed by atoms with E-state index < -0.39 is 34.4 Å². The highest BCUT2D eigenvalue weighted by molar-refractivity contribution is 7.89. The summed E-state index contributed by atoms with van der Waals surface area (Å²) < 4.78 is 31.9. The third-order valence-corrected chi connectivity index (χ3v) is 7.56. The number of carbonyl (C=O) groups is 2.